The lowest BCUT2D eigenvalue weighted by Gasteiger charge is -1.92. The SMILES string of the molecule is Cc1cc2nc(-c3ccccc3)sc2s1. The highest BCUT2D eigenvalue weighted by Gasteiger charge is 2.07. The molecule has 1 aromatic carbocycles. The molecule has 0 N–H and O–H groups in total. The standard InChI is InChI=1S/C12H9NS2/c1-8-7-10-12(14-8)15-11(13-10)9-5-3-2-4-6-9/h2-7H,1H3. The summed E-state index contributed by atoms with van der Waals surface area (Å²) in [6.07, 6.45) is 0. The maximum absolute atomic E-state index is 4.63. The van der Waals surface area contributed by atoms with Crippen molar-refractivity contribution in [3.63, 3.8) is 0 Å². The largest absolute Gasteiger partial charge is 0.235 e. The molecule has 0 saturated carbocycles. The first-order valence-electron chi connectivity index (χ1n) is 4.75. The van der Waals surface area contributed by atoms with Gasteiger partial charge in [-0.1, -0.05) is 30.3 Å². The smallest absolute Gasteiger partial charge is 0.125 e. The van der Waals surface area contributed by atoms with Crippen molar-refractivity contribution < 1.29 is 0 Å². The molecule has 0 atom stereocenters. The van der Waals surface area contributed by atoms with Gasteiger partial charge in [-0.25, -0.2) is 4.98 Å². The summed E-state index contributed by atoms with van der Waals surface area (Å²) >= 11 is 3.60. The first kappa shape index (κ1) is 9.07. The van der Waals surface area contributed by atoms with Gasteiger partial charge in [0.15, 0.2) is 0 Å². The first-order valence-corrected chi connectivity index (χ1v) is 6.38. The molecular formula is C12H9NS2. The molecule has 0 aliphatic rings. The van der Waals surface area contributed by atoms with E-state index in [2.05, 4.69) is 42.2 Å². The fraction of sp³-hybridized carbons (Fsp3) is 0.0833. The van der Waals surface area contributed by atoms with E-state index < -0.39 is 0 Å². The van der Waals surface area contributed by atoms with E-state index in [-0.39, 0.29) is 0 Å². The summed E-state index contributed by atoms with van der Waals surface area (Å²) in [4.78, 5) is 5.97. The second kappa shape index (κ2) is 3.43. The van der Waals surface area contributed by atoms with Crippen LogP contribution in [0, 0.1) is 6.92 Å². The average molecular weight is 231 g/mol. The van der Waals surface area contributed by atoms with Crippen molar-refractivity contribution in [2.24, 2.45) is 0 Å². The van der Waals surface area contributed by atoms with E-state index in [0.29, 0.717) is 0 Å². The van der Waals surface area contributed by atoms with Crippen molar-refractivity contribution >= 4 is 32.2 Å². The molecule has 74 valence electrons. The summed E-state index contributed by atoms with van der Waals surface area (Å²) in [5.74, 6) is 0. The normalized spacial score (nSPS) is 11.0. The van der Waals surface area contributed by atoms with Gasteiger partial charge in [0, 0.05) is 10.4 Å². The Labute approximate surface area is 96.0 Å². The van der Waals surface area contributed by atoms with Gasteiger partial charge in [0.05, 0.1) is 5.52 Å². The fourth-order valence-corrected chi connectivity index (χ4v) is 3.81. The van der Waals surface area contributed by atoms with Gasteiger partial charge in [0.1, 0.15) is 9.02 Å². The van der Waals surface area contributed by atoms with Crippen LogP contribution < -0.4 is 0 Å². The highest BCUT2D eigenvalue weighted by Crippen LogP contribution is 2.35. The van der Waals surface area contributed by atoms with E-state index in [0.717, 1.165) is 10.5 Å². The minimum atomic E-state index is 1.12. The summed E-state index contributed by atoms with van der Waals surface area (Å²) < 4.78 is 1.33. The van der Waals surface area contributed by atoms with E-state index in [4.69, 9.17) is 0 Å². The van der Waals surface area contributed by atoms with Crippen LogP contribution in [0.4, 0.5) is 0 Å². The molecule has 0 aliphatic heterocycles. The molecule has 0 aliphatic carbocycles. The van der Waals surface area contributed by atoms with Crippen LogP contribution in [0.15, 0.2) is 36.4 Å². The van der Waals surface area contributed by atoms with Gasteiger partial charge < -0.3 is 0 Å². The van der Waals surface area contributed by atoms with Gasteiger partial charge in [-0.2, -0.15) is 0 Å². The predicted octanol–water partition coefficient (Wildman–Crippen LogP) is 4.33. The van der Waals surface area contributed by atoms with Crippen molar-refractivity contribution in [2.75, 3.05) is 0 Å². The molecular weight excluding hydrogens is 222 g/mol. The molecule has 0 spiro atoms. The molecule has 0 saturated heterocycles. The number of hydrogen-bond acceptors (Lipinski definition) is 3. The van der Waals surface area contributed by atoms with Crippen molar-refractivity contribution in [3.8, 4) is 10.6 Å². The van der Waals surface area contributed by atoms with Gasteiger partial charge in [-0.05, 0) is 13.0 Å². The molecule has 3 heteroatoms. The van der Waals surface area contributed by atoms with Crippen molar-refractivity contribution in [1.82, 2.24) is 4.98 Å². The van der Waals surface area contributed by atoms with Crippen molar-refractivity contribution in [3.05, 3.63) is 41.3 Å². The Morgan fingerprint density at radius 2 is 1.87 bits per heavy atom. The maximum Gasteiger partial charge on any atom is 0.125 e. The number of benzene rings is 1. The van der Waals surface area contributed by atoms with Crippen LogP contribution in [0.5, 0.6) is 0 Å². The summed E-state index contributed by atoms with van der Waals surface area (Å²) in [7, 11) is 0. The summed E-state index contributed by atoms with van der Waals surface area (Å²) in [5, 5.41) is 1.12. The number of rotatable bonds is 1. The lowest BCUT2D eigenvalue weighted by atomic mass is 10.2. The number of thiazole rings is 1. The second-order valence-corrected chi connectivity index (χ2v) is 5.93. The van der Waals surface area contributed by atoms with Crippen LogP contribution in [0.25, 0.3) is 20.1 Å². The van der Waals surface area contributed by atoms with Gasteiger partial charge in [0.2, 0.25) is 0 Å². The molecule has 0 unspecified atom stereocenters. The Kier molecular flexibility index (Phi) is 2.08. The van der Waals surface area contributed by atoms with Gasteiger partial charge in [-0.3, -0.25) is 0 Å². The summed E-state index contributed by atoms with van der Waals surface area (Å²) in [5.41, 5.74) is 2.35. The van der Waals surface area contributed by atoms with E-state index in [1.165, 1.54) is 14.5 Å². The Hall–Kier alpha value is -1.19. The van der Waals surface area contributed by atoms with Crippen LogP contribution in [0.3, 0.4) is 0 Å². The average Bonchev–Trinajstić information content (AvgIpc) is 2.76. The van der Waals surface area contributed by atoms with E-state index in [1.54, 1.807) is 11.3 Å². The number of aryl methyl sites for hydroxylation is 1. The van der Waals surface area contributed by atoms with Gasteiger partial charge in [0.25, 0.3) is 0 Å². The third-order valence-electron chi connectivity index (χ3n) is 2.23. The lowest BCUT2D eigenvalue weighted by Crippen LogP contribution is -1.73. The van der Waals surface area contributed by atoms with Crippen LogP contribution in [-0.2, 0) is 0 Å². The number of aromatic nitrogens is 1. The molecule has 3 rings (SSSR count). The molecule has 3 aromatic rings. The monoisotopic (exact) mass is 231 g/mol. The minimum absolute atomic E-state index is 1.12. The van der Waals surface area contributed by atoms with Crippen molar-refractivity contribution in [1.29, 1.82) is 0 Å². The first-order chi connectivity index (χ1) is 7.33. The molecule has 0 amide bonds. The van der Waals surface area contributed by atoms with Crippen molar-refractivity contribution in [2.45, 2.75) is 6.92 Å². The van der Waals surface area contributed by atoms with Crippen LogP contribution in [0.1, 0.15) is 4.88 Å². The highest BCUT2D eigenvalue weighted by atomic mass is 32.2. The van der Waals surface area contributed by atoms with Crippen LogP contribution >= 0.6 is 22.7 Å². The zero-order chi connectivity index (χ0) is 10.3. The Morgan fingerprint density at radius 1 is 1.07 bits per heavy atom. The molecule has 0 fully saturated rings. The maximum atomic E-state index is 4.63. The van der Waals surface area contributed by atoms with Crippen LogP contribution in [0.2, 0.25) is 0 Å². The van der Waals surface area contributed by atoms with Crippen LogP contribution in [-0.4, -0.2) is 4.98 Å². The highest BCUT2D eigenvalue weighted by molar-refractivity contribution is 7.39. The minimum Gasteiger partial charge on any atom is -0.235 e. The summed E-state index contributed by atoms with van der Waals surface area (Å²) in [6.45, 7) is 2.13. The fourth-order valence-electron chi connectivity index (χ4n) is 1.55. The van der Waals surface area contributed by atoms with E-state index in [1.807, 2.05) is 17.4 Å². The topological polar surface area (TPSA) is 12.9 Å². The molecule has 0 radical (unpaired) electrons. The zero-order valence-corrected chi connectivity index (χ0v) is 9.86. The van der Waals surface area contributed by atoms with Gasteiger partial charge >= 0.3 is 0 Å². The Bertz CT molecular complexity index is 561. The summed E-state index contributed by atoms with van der Waals surface area (Å²) in [6, 6.07) is 12.5. The quantitative estimate of drug-likeness (QED) is 0.607. The Morgan fingerprint density at radius 3 is 2.60 bits per heavy atom. The molecule has 2 aromatic heterocycles. The molecule has 2 heterocycles. The number of fused-ring (bicyclic) bond motifs is 1. The molecule has 1 nitrogen and oxygen atoms in total. The Balaban J connectivity index is 2.16. The third-order valence-corrected chi connectivity index (χ3v) is 4.48. The second-order valence-electron chi connectivity index (χ2n) is 3.41. The molecule has 0 bridgehead atoms. The van der Waals surface area contributed by atoms with E-state index in [9.17, 15) is 0 Å². The number of hydrogen-bond donors (Lipinski definition) is 0. The number of thiophene rings is 1. The van der Waals surface area contributed by atoms with Gasteiger partial charge in [-0.15, -0.1) is 22.7 Å². The lowest BCUT2D eigenvalue weighted by molar-refractivity contribution is 1.48. The zero-order valence-electron chi connectivity index (χ0n) is 8.23. The van der Waals surface area contributed by atoms with E-state index >= 15 is 0 Å². The third kappa shape index (κ3) is 1.58. The molecule has 15 heavy (non-hydrogen) atoms. The predicted molar refractivity (Wildman–Crippen MR) is 67.7 cm³/mol. The number of nitrogens with zero attached hydrogens (tertiary/aromatic N) is 1.